The van der Waals surface area contributed by atoms with Crippen molar-refractivity contribution in [3.63, 3.8) is 0 Å². The van der Waals surface area contributed by atoms with Gasteiger partial charge in [-0.1, -0.05) is 42.9 Å². The predicted molar refractivity (Wildman–Crippen MR) is 70.7 cm³/mol. The number of carbonyl (C=O) groups excluding carboxylic acids is 1. The molecule has 1 N–H and O–H groups in total. The molecule has 0 spiro atoms. The number of aliphatic hydroxyl groups excluding tert-OH is 1. The van der Waals surface area contributed by atoms with Gasteiger partial charge in [0.2, 0.25) is 0 Å². The first-order chi connectivity index (χ1) is 8.27. The first-order valence-corrected chi connectivity index (χ1v) is 6.13. The van der Waals surface area contributed by atoms with Gasteiger partial charge in [-0.15, -0.1) is 0 Å². The molecule has 0 amide bonds. The fourth-order valence-electron chi connectivity index (χ4n) is 1.71. The summed E-state index contributed by atoms with van der Waals surface area (Å²) in [5.74, 6) is 0.0854. The van der Waals surface area contributed by atoms with E-state index in [0.717, 1.165) is 24.0 Å². The molecule has 1 aliphatic carbocycles. The summed E-state index contributed by atoms with van der Waals surface area (Å²) in [5, 5.41) is 8.80. The van der Waals surface area contributed by atoms with Gasteiger partial charge in [-0.05, 0) is 31.8 Å². The molecule has 1 aliphatic rings. The second-order valence-electron chi connectivity index (χ2n) is 4.05. The van der Waals surface area contributed by atoms with Crippen molar-refractivity contribution in [3.8, 4) is 0 Å². The van der Waals surface area contributed by atoms with E-state index < -0.39 is 0 Å². The zero-order valence-corrected chi connectivity index (χ0v) is 10.4. The van der Waals surface area contributed by atoms with Crippen molar-refractivity contribution < 1.29 is 9.90 Å². The Bertz CT molecular complexity index is 370. The zero-order valence-electron chi connectivity index (χ0n) is 10.4. The summed E-state index contributed by atoms with van der Waals surface area (Å²) in [6.07, 6.45) is 15.0. The van der Waals surface area contributed by atoms with Crippen LogP contribution in [0.2, 0.25) is 0 Å². The second kappa shape index (κ2) is 7.80. The molecule has 2 nitrogen and oxygen atoms in total. The van der Waals surface area contributed by atoms with E-state index >= 15 is 0 Å². The standard InChI is InChI=1S/C15H20O2/c1-2-3-4-5-6-7-8-14-11-13(9-10-16)12-15(14)17/h3-4,6-8,12,16H,2,5,9-11H2,1H3. The summed E-state index contributed by atoms with van der Waals surface area (Å²) < 4.78 is 0. The summed E-state index contributed by atoms with van der Waals surface area (Å²) >= 11 is 0. The number of aliphatic hydroxyl groups is 1. The third-order valence-electron chi connectivity index (χ3n) is 2.61. The number of hydrogen-bond donors (Lipinski definition) is 1. The minimum Gasteiger partial charge on any atom is -0.396 e. The van der Waals surface area contributed by atoms with Gasteiger partial charge in [0.15, 0.2) is 5.78 Å². The van der Waals surface area contributed by atoms with Gasteiger partial charge >= 0.3 is 0 Å². The van der Waals surface area contributed by atoms with E-state index in [-0.39, 0.29) is 12.4 Å². The average molecular weight is 232 g/mol. The van der Waals surface area contributed by atoms with Crippen molar-refractivity contribution >= 4 is 5.78 Å². The monoisotopic (exact) mass is 232 g/mol. The largest absolute Gasteiger partial charge is 0.396 e. The van der Waals surface area contributed by atoms with Crippen LogP contribution in [0.4, 0.5) is 0 Å². The lowest BCUT2D eigenvalue weighted by molar-refractivity contribution is -0.111. The van der Waals surface area contributed by atoms with Crippen LogP contribution < -0.4 is 0 Å². The molecule has 0 aromatic rings. The number of allylic oxidation sites excluding steroid dienone is 7. The van der Waals surface area contributed by atoms with Crippen LogP contribution >= 0.6 is 0 Å². The third-order valence-corrected chi connectivity index (χ3v) is 2.61. The first kappa shape index (κ1) is 13.7. The highest BCUT2D eigenvalue weighted by Gasteiger charge is 2.16. The molecule has 2 heteroatoms. The van der Waals surface area contributed by atoms with Crippen molar-refractivity contribution in [1.82, 2.24) is 0 Å². The molecule has 0 aliphatic heterocycles. The number of rotatable bonds is 6. The number of ketones is 1. The fourth-order valence-corrected chi connectivity index (χ4v) is 1.71. The van der Waals surface area contributed by atoms with Crippen LogP contribution in [0, 0.1) is 0 Å². The molecule has 0 unspecified atom stereocenters. The fraction of sp³-hybridized carbons (Fsp3) is 0.400. The van der Waals surface area contributed by atoms with Crippen molar-refractivity contribution in [2.45, 2.75) is 32.6 Å². The maximum Gasteiger partial charge on any atom is 0.182 e. The molecule has 0 heterocycles. The molecule has 0 fully saturated rings. The highest BCUT2D eigenvalue weighted by molar-refractivity contribution is 6.07. The van der Waals surface area contributed by atoms with E-state index in [0.29, 0.717) is 12.8 Å². The summed E-state index contributed by atoms with van der Waals surface area (Å²) in [4.78, 5) is 11.6. The van der Waals surface area contributed by atoms with E-state index in [1.54, 1.807) is 6.08 Å². The third kappa shape index (κ3) is 4.96. The molecular weight excluding hydrogens is 212 g/mol. The summed E-state index contributed by atoms with van der Waals surface area (Å²) in [7, 11) is 0. The lowest BCUT2D eigenvalue weighted by Gasteiger charge is -1.96. The zero-order chi connectivity index (χ0) is 12.5. The van der Waals surface area contributed by atoms with E-state index in [2.05, 4.69) is 19.1 Å². The predicted octanol–water partition coefficient (Wildman–Crippen LogP) is 3.11. The minimum absolute atomic E-state index is 0.0854. The van der Waals surface area contributed by atoms with Crippen molar-refractivity contribution in [2.24, 2.45) is 0 Å². The van der Waals surface area contributed by atoms with E-state index in [1.807, 2.05) is 18.2 Å². The molecule has 92 valence electrons. The Morgan fingerprint density at radius 1 is 1.35 bits per heavy atom. The van der Waals surface area contributed by atoms with Gasteiger partial charge in [0, 0.05) is 12.2 Å². The van der Waals surface area contributed by atoms with Crippen LogP contribution in [-0.4, -0.2) is 17.5 Å². The van der Waals surface area contributed by atoms with Crippen molar-refractivity contribution in [2.75, 3.05) is 6.61 Å². The van der Waals surface area contributed by atoms with Crippen LogP contribution in [0.5, 0.6) is 0 Å². The van der Waals surface area contributed by atoms with Crippen LogP contribution in [0.25, 0.3) is 0 Å². The average Bonchev–Trinajstić information content (AvgIpc) is 2.65. The normalized spacial score (nSPS) is 18.8. The van der Waals surface area contributed by atoms with Crippen LogP contribution in [-0.2, 0) is 4.79 Å². The Morgan fingerprint density at radius 2 is 2.18 bits per heavy atom. The second-order valence-corrected chi connectivity index (χ2v) is 4.05. The molecule has 0 bridgehead atoms. The maximum absolute atomic E-state index is 11.6. The highest BCUT2D eigenvalue weighted by atomic mass is 16.3. The van der Waals surface area contributed by atoms with Crippen LogP contribution in [0.3, 0.4) is 0 Å². The topological polar surface area (TPSA) is 37.3 Å². The highest BCUT2D eigenvalue weighted by Crippen LogP contribution is 2.23. The first-order valence-electron chi connectivity index (χ1n) is 6.13. The molecule has 17 heavy (non-hydrogen) atoms. The Morgan fingerprint density at radius 3 is 2.88 bits per heavy atom. The van der Waals surface area contributed by atoms with Gasteiger partial charge in [-0.25, -0.2) is 0 Å². The smallest absolute Gasteiger partial charge is 0.182 e. The molecule has 0 radical (unpaired) electrons. The van der Waals surface area contributed by atoms with Crippen molar-refractivity contribution in [3.05, 3.63) is 47.6 Å². The van der Waals surface area contributed by atoms with Gasteiger partial charge in [-0.3, -0.25) is 4.79 Å². The lowest BCUT2D eigenvalue weighted by Crippen LogP contribution is -1.89. The quantitative estimate of drug-likeness (QED) is 0.564. The van der Waals surface area contributed by atoms with Crippen molar-refractivity contribution in [1.29, 1.82) is 0 Å². The van der Waals surface area contributed by atoms with Gasteiger partial charge in [-0.2, -0.15) is 0 Å². The Balaban J connectivity index is 2.42. The van der Waals surface area contributed by atoms with Gasteiger partial charge in [0.05, 0.1) is 0 Å². The minimum atomic E-state index is 0.0854. The van der Waals surface area contributed by atoms with Gasteiger partial charge in [0.1, 0.15) is 0 Å². The number of hydrogen-bond acceptors (Lipinski definition) is 2. The SMILES string of the molecule is CCC=CCC=CC=C1CC(CCO)=CC1=O. The van der Waals surface area contributed by atoms with E-state index in [4.69, 9.17) is 5.11 Å². The Hall–Kier alpha value is -1.41. The summed E-state index contributed by atoms with van der Waals surface area (Å²) in [5.41, 5.74) is 1.85. The molecule has 0 saturated carbocycles. The Labute approximate surface area is 103 Å². The molecular formula is C15H20O2. The van der Waals surface area contributed by atoms with E-state index in [9.17, 15) is 4.79 Å². The lowest BCUT2D eigenvalue weighted by atomic mass is 10.1. The Kier molecular flexibility index (Phi) is 6.26. The molecule has 0 atom stereocenters. The summed E-state index contributed by atoms with van der Waals surface area (Å²) in [6, 6.07) is 0. The van der Waals surface area contributed by atoms with Crippen LogP contribution in [0.15, 0.2) is 47.6 Å². The van der Waals surface area contributed by atoms with Gasteiger partial charge < -0.3 is 5.11 Å². The molecule has 1 rings (SSSR count). The van der Waals surface area contributed by atoms with Crippen LogP contribution in [0.1, 0.15) is 32.6 Å². The number of carbonyl (C=O) groups is 1. The summed E-state index contributed by atoms with van der Waals surface area (Å²) in [6.45, 7) is 2.22. The van der Waals surface area contributed by atoms with Gasteiger partial charge in [0.25, 0.3) is 0 Å². The maximum atomic E-state index is 11.6. The molecule has 0 aromatic heterocycles. The molecule has 0 aromatic carbocycles. The van der Waals surface area contributed by atoms with E-state index in [1.165, 1.54) is 0 Å². The molecule has 0 saturated heterocycles.